The predicted octanol–water partition coefficient (Wildman–Crippen LogP) is 4.49. The van der Waals surface area contributed by atoms with Gasteiger partial charge in [0.15, 0.2) is 0 Å². The van der Waals surface area contributed by atoms with E-state index in [9.17, 15) is 4.79 Å². The molecule has 5 rings (SSSR count). The summed E-state index contributed by atoms with van der Waals surface area (Å²) in [5, 5.41) is 10.8. The number of fused-ring (bicyclic) bond motifs is 2. The number of amides is 1. The maximum atomic E-state index is 12.0. The first-order valence-electron chi connectivity index (χ1n) is 10.2. The van der Waals surface area contributed by atoms with E-state index in [-0.39, 0.29) is 5.91 Å². The van der Waals surface area contributed by atoms with Crippen LogP contribution in [-0.4, -0.2) is 28.8 Å². The van der Waals surface area contributed by atoms with E-state index in [1.807, 2.05) is 30.1 Å². The maximum absolute atomic E-state index is 12.0. The normalized spacial score (nSPS) is 18.3. The van der Waals surface area contributed by atoms with Gasteiger partial charge in [0.25, 0.3) is 0 Å². The lowest BCUT2D eigenvalue weighted by Crippen LogP contribution is -2.27. The van der Waals surface area contributed by atoms with E-state index >= 15 is 0 Å². The predicted molar refractivity (Wildman–Crippen MR) is 117 cm³/mol. The van der Waals surface area contributed by atoms with Crippen LogP contribution in [0.2, 0.25) is 0 Å². The molecule has 2 aliphatic heterocycles. The summed E-state index contributed by atoms with van der Waals surface area (Å²) in [6.07, 6.45) is 5.53. The van der Waals surface area contributed by atoms with Gasteiger partial charge in [-0.2, -0.15) is 5.10 Å². The third kappa shape index (κ3) is 3.14. The van der Waals surface area contributed by atoms with Crippen molar-refractivity contribution in [2.45, 2.75) is 25.7 Å². The molecule has 0 aliphatic carbocycles. The summed E-state index contributed by atoms with van der Waals surface area (Å²) < 4.78 is 1.84. The molecule has 6 nitrogen and oxygen atoms in total. The molecular formula is C23H25N5O. The number of aromatic nitrogens is 2. The second-order valence-corrected chi connectivity index (χ2v) is 7.94. The van der Waals surface area contributed by atoms with Crippen LogP contribution in [0.15, 0.2) is 48.8 Å². The van der Waals surface area contributed by atoms with E-state index in [0.717, 1.165) is 35.6 Å². The van der Waals surface area contributed by atoms with Gasteiger partial charge in [0.1, 0.15) is 0 Å². The van der Waals surface area contributed by atoms with Crippen molar-refractivity contribution in [1.82, 2.24) is 9.78 Å². The Morgan fingerprint density at radius 3 is 2.86 bits per heavy atom. The summed E-state index contributed by atoms with van der Waals surface area (Å²) in [5.41, 5.74) is 7.91. The summed E-state index contributed by atoms with van der Waals surface area (Å²) in [6.45, 7) is 3.90. The number of nitrogens with one attached hydrogen (secondary N) is 2. The summed E-state index contributed by atoms with van der Waals surface area (Å²) in [6, 6.07) is 12.8. The minimum atomic E-state index is 0.0576. The zero-order chi connectivity index (χ0) is 20.0. The number of hydrogen-bond donors (Lipinski definition) is 2. The van der Waals surface area contributed by atoms with Crippen LogP contribution in [0.5, 0.6) is 0 Å². The fourth-order valence-corrected chi connectivity index (χ4v) is 4.36. The molecule has 0 saturated carbocycles. The first kappa shape index (κ1) is 17.8. The minimum absolute atomic E-state index is 0.0576. The van der Waals surface area contributed by atoms with Crippen molar-refractivity contribution in [3.63, 3.8) is 0 Å². The lowest BCUT2D eigenvalue weighted by Gasteiger charge is -2.36. The van der Waals surface area contributed by atoms with Crippen molar-refractivity contribution in [2.24, 2.45) is 7.05 Å². The van der Waals surface area contributed by atoms with Gasteiger partial charge in [0.2, 0.25) is 5.91 Å². The second-order valence-electron chi connectivity index (χ2n) is 7.94. The summed E-state index contributed by atoms with van der Waals surface area (Å²) in [7, 11) is 1.94. The van der Waals surface area contributed by atoms with E-state index in [2.05, 4.69) is 58.0 Å². The minimum Gasteiger partial charge on any atom is -0.381 e. The molecule has 2 N–H and O–H groups in total. The van der Waals surface area contributed by atoms with Gasteiger partial charge in [-0.15, -0.1) is 0 Å². The molecule has 0 bridgehead atoms. The number of hydrogen-bond acceptors (Lipinski definition) is 4. The molecule has 1 atom stereocenters. The average Bonchev–Trinajstić information content (AvgIpc) is 3.06. The molecule has 0 fully saturated rings. The number of anilines is 4. The third-order valence-electron chi connectivity index (χ3n) is 5.93. The number of nitrogens with zero attached hydrogens (tertiary/aromatic N) is 3. The van der Waals surface area contributed by atoms with Crippen LogP contribution in [0.3, 0.4) is 0 Å². The van der Waals surface area contributed by atoms with Gasteiger partial charge in [-0.1, -0.05) is 19.1 Å². The summed E-state index contributed by atoms with van der Waals surface area (Å²) in [4.78, 5) is 14.4. The maximum Gasteiger partial charge on any atom is 0.226 e. The topological polar surface area (TPSA) is 62.2 Å². The molecule has 3 aromatic rings. The molecule has 0 spiro atoms. The number of aryl methyl sites for hydroxylation is 1. The fourth-order valence-electron chi connectivity index (χ4n) is 4.36. The molecule has 148 valence electrons. The zero-order valence-electron chi connectivity index (χ0n) is 16.8. The van der Waals surface area contributed by atoms with Gasteiger partial charge in [-0.25, -0.2) is 0 Å². The van der Waals surface area contributed by atoms with Crippen molar-refractivity contribution in [3.05, 3.63) is 54.4 Å². The number of carbonyl (C=O) groups excluding carboxylic acids is 1. The Morgan fingerprint density at radius 2 is 2.03 bits per heavy atom. The van der Waals surface area contributed by atoms with Crippen molar-refractivity contribution in [3.8, 4) is 11.1 Å². The number of para-hydroxylation sites is 1. The Kier molecular flexibility index (Phi) is 4.27. The SMILES string of the molecule is CC1CCN(c2cccc3c2NCCC(=O)N3)c2ccc(-c3cnn(C)c3)cc21. The number of benzene rings is 2. The molecule has 2 aromatic carbocycles. The average molecular weight is 387 g/mol. The van der Waals surface area contributed by atoms with E-state index < -0.39 is 0 Å². The van der Waals surface area contributed by atoms with Crippen molar-refractivity contribution in [2.75, 3.05) is 28.6 Å². The third-order valence-corrected chi connectivity index (χ3v) is 5.93. The molecule has 3 heterocycles. The van der Waals surface area contributed by atoms with E-state index in [1.54, 1.807) is 0 Å². The highest BCUT2D eigenvalue weighted by Gasteiger charge is 2.27. The largest absolute Gasteiger partial charge is 0.381 e. The molecule has 29 heavy (non-hydrogen) atoms. The Labute approximate surface area is 170 Å². The van der Waals surface area contributed by atoms with Crippen LogP contribution in [0.1, 0.15) is 31.2 Å². The molecule has 2 aliphatic rings. The summed E-state index contributed by atoms with van der Waals surface area (Å²) in [5.74, 6) is 0.551. The van der Waals surface area contributed by atoms with Gasteiger partial charge < -0.3 is 15.5 Å². The summed E-state index contributed by atoms with van der Waals surface area (Å²) >= 11 is 0. The van der Waals surface area contributed by atoms with Gasteiger partial charge >= 0.3 is 0 Å². The highest BCUT2D eigenvalue weighted by atomic mass is 16.1. The lowest BCUT2D eigenvalue weighted by molar-refractivity contribution is -0.115. The van der Waals surface area contributed by atoms with E-state index in [1.165, 1.54) is 16.8 Å². The first-order chi connectivity index (χ1) is 14.1. The van der Waals surface area contributed by atoms with Crippen molar-refractivity contribution >= 4 is 28.7 Å². The van der Waals surface area contributed by atoms with Crippen molar-refractivity contribution in [1.29, 1.82) is 0 Å². The van der Waals surface area contributed by atoms with Crippen LogP contribution in [0.25, 0.3) is 11.1 Å². The van der Waals surface area contributed by atoms with Gasteiger partial charge in [-0.05, 0) is 47.7 Å². The molecule has 0 radical (unpaired) electrons. The molecular weight excluding hydrogens is 362 g/mol. The van der Waals surface area contributed by atoms with E-state index in [4.69, 9.17) is 0 Å². The number of rotatable bonds is 2. The van der Waals surface area contributed by atoms with Gasteiger partial charge in [-0.3, -0.25) is 9.48 Å². The van der Waals surface area contributed by atoms with Crippen LogP contribution >= 0.6 is 0 Å². The van der Waals surface area contributed by atoms with Crippen LogP contribution in [-0.2, 0) is 11.8 Å². The van der Waals surface area contributed by atoms with Crippen molar-refractivity contribution < 1.29 is 4.79 Å². The molecule has 1 amide bonds. The molecule has 1 unspecified atom stereocenters. The van der Waals surface area contributed by atoms with Crippen LogP contribution in [0, 0.1) is 0 Å². The fraction of sp³-hybridized carbons (Fsp3) is 0.304. The highest BCUT2D eigenvalue weighted by molar-refractivity contribution is 5.99. The molecule has 1 aromatic heterocycles. The zero-order valence-corrected chi connectivity index (χ0v) is 16.8. The first-order valence-corrected chi connectivity index (χ1v) is 10.2. The lowest BCUT2D eigenvalue weighted by atomic mass is 9.89. The Bertz CT molecular complexity index is 1090. The molecule has 0 saturated heterocycles. The molecule has 6 heteroatoms. The van der Waals surface area contributed by atoms with E-state index in [0.29, 0.717) is 18.9 Å². The smallest absolute Gasteiger partial charge is 0.226 e. The monoisotopic (exact) mass is 387 g/mol. The number of carbonyl (C=O) groups is 1. The second kappa shape index (κ2) is 6.95. The highest BCUT2D eigenvalue weighted by Crippen LogP contribution is 2.45. The Balaban J connectivity index is 1.59. The van der Waals surface area contributed by atoms with Gasteiger partial charge in [0.05, 0.1) is 23.3 Å². The van der Waals surface area contributed by atoms with Gasteiger partial charge in [0, 0.05) is 44.0 Å². The Hall–Kier alpha value is -3.28. The van der Waals surface area contributed by atoms with Crippen LogP contribution in [0.4, 0.5) is 22.7 Å². The Morgan fingerprint density at radius 1 is 1.14 bits per heavy atom. The standard InChI is InChI=1S/C23H25N5O/c1-15-9-11-28(21-5-3-4-19-23(21)24-10-8-22(29)26-19)20-7-6-16(12-18(15)20)17-13-25-27(2)14-17/h3-7,12-15,24H,8-11H2,1-2H3,(H,26,29). The quantitative estimate of drug-likeness (QED) is 0.680. The van der Waals surface area contributed by atoms with Crippen LogP contribution < -0.4 is 15.5 Å².